The van der Waals surface area contributed by atoms with E-state index < -0.39 is 0 Å². The molecule has 0 aromatic heterocycles. The summed E-state index contributed by atoms with van der Waals surface area (Å²) in [6.07, 6.45) is 3.63. The molecule has 0 unspecified atom stereocenters. The molecule has 1 aromatic rings. The van der Waals surface area contributed by atoms with Crippen molar-refractivity contribution in [2.75, 3.05) is 13.2 Å². The summed E-state index contributed by atoms with van der Waals surface area (Å²) in [5.74, 6) is 0.915. The predicted molar refractivity (Wildman–Crippen MR) is 59.5 cm³/mol. The van der Waals surface area contributed by atoms with Gasteiger partial charge in [-0.05, 0) is 37.1 Å². The van der Waals surface area contributed by atoms with Crippen LogP contribution in [0.3, 0.4) is 0 Å². The van der Waals surface area contributed by atoms with Gasteiger partial charge >= 0.3 is 0 Å². The number of hydrogen-bond donors (Lipinski definition) is 1. The first-order chi connectivity index (χ1) is 6.86. The molecule has 0 heterocycles. The van der Waals surface area contributed by atoms with E-state index in [4.69, 9.17) is 10.5 Å². The van der Waals surface area contributed by atoms with Crippen LogP contribution in [-0.2, 0) is 6.42 Å². The van der Waals surface area contributed by atoms with Gasteiger partial charge in [-0.15, -0.1) is 6.58 Å². The van der Waals surface area contributed by atoms with Gasteiger partial charge in [-0.3, -0.25) is 0 Å². The van der Waals surface area contributed by atoms with Crippen LogP contribution in [0.1, 0.15) is 12.0 Å². The fourth-order valence-corrected chi connectivity index (χ4v) is 1.22. The monoisotopic (exact) mass is 191 g/mol. The van der Waals surface area contributed by atoms with E-state index in [0.29, 0.717) is 13.2 Å². The zero-order valence-corrected chi connectivity index (χ0v) is 8.41. The van der Waals surface area contributed by atoms with E-state index in [1.165, 1.54) is 5.56 Å². The highest BCUT2D eigenvalue weighted by Crippen LogP contribution is 2.13. The Morgan fingerprint density at radius 1 is 1.43 bits per heavy atom. The number of ether oxygens (including phenoxy) is 1. The van der Waals surface area contributed by atoms with E-state index in [2.05, 4.69) is 12.6 Å². The van der Waals surface area contributed by atoms with Crippen LogP contribution >= 0.6 is 0 Å². The van der Waals surface area contributed by atoms with Crippen LogP contribution in [0.2, 0.25) is 0 Å². The molecule has 0 radical (unpaired) electrons. The minimum absolute atomic E-state index is 0.677. The second kappa shape index (κ2) is 6.22. The molecule has 76 valence electrons. The molecule has 2 heteroatoms. The smallest absolute Gasteiger partial charge is 0.119 e. The van der Waals surface area contributed by atoms with Crippen molar-refractivity contribution < 1.29 is 4.74 Å². The number of hydrogen-bond acceptors (Lipinski definition) is 2. The zero-order chi connectivity index (χ0) is 10.2. The first-order valence-corrected chi connectivity index (χ1v) is 4.89. The molecule has 0 spiro atoms. The summed E-state index contributed by atoms with van der Waals surface area (Å²) < 4.78 is 5.52. The SMILES string of the molecule is C=CCCOc1cccc(CCN)c1. The van der Waals surface area contributed by atoms with Crippen molar-refractivity contribution in [3.05, 3.63) is 42.5 Å². The zero-order valence-electron chi connectivity index (χ0n) is 8.41. The van der Waals surface area contributed by atoms with E-state index in [-0.39, 0.29) is 0 Å². The van der Waals surface area contributed by atoms with E-state index in [9.17, 15) is 0 Å². The topological polar surface area (TPSA) is 35.2 Å². The molecule has 0 aliphatic heterocycles. The standard InChI is InChI=1S/C12H17NO/c1-2-3-9-14-12-6-4-5-11(10-12)7-8-13/h2,4-6,10H,1,3,7-9,13H2. The quantitative estimate of drug-likeness (QED) is 0.552. The average molecular weight is 191 g/mol. The lowest BCUT2D eigenvalue weighted by Gasteiger charge is -2.06. The lowest BCUT2D eigenvalue weighted by atomic mass is 10.1. The molecule has 2 N–H and O–H groups in total. The normalized spacial score (nSPS) is 9.79. The highest BCUT2D eigenvalue weighted by molar-refractivity contribution is 5.28. The van der Waals surface area contributed by atoms with Crippen LogP contribution in [0.15, 0.2) is 36.9 Å². The van der Waals surface area contributed by atoms with Gasteiger partial charge in [0.25, 0.3) is 0 Å². The minimum atomic E-state index is 0.677. The van der Waals surface area contributed by atoms with Gasteiger partial charge in [0.2, 0.25) is 0 Å². The van der Waals surface area contributed by atoms with Crippen molar-refractivity contribution in [1.82, 2.24) is 0 Å². The summed E-state index contributed by atoms with van der Waals surface area (Å²) in [5.41, 5.74) is 6.70. The lowest BCUT2D eigenvalue weighted by Crippen LogP contribution is -2.03. The highest BCUT2D eigenvalue weighted by atomic mass is 16.5. The Kier molecular flexibility index (Phi) is 4.79. The van der Waals surface area contributed by atoms with Crippen molar-refractivity contribution in [2.24, 2.45) is 5.73 Å². The summed E-state index contributed by atoms with van der Waals surface area (Å²) in [6.45, 7) is 5.01. The van der Waals surface area contributed by atoms with E-state index in [1.807, 2.05) is 24.3 Å². The Morgan fingerprint density at radius 3 is 3.00 bits per heavy atom. The van der Waals surface area contributed by atoms with Crippen LogP contribution in [-0.4, -0.2) is 13.2 Å². The van der Waals surface area contributed by atoms with Crippen molar-refractivity contribution in [3.63, 3.8) is 0 Å². The molecule has 0 aliphatic carbocycles. The van der Waals surface area contributed by atoms with Gasteiger partial charge in [-0.2, -0.15) is 0 Å². The van der Waals surface area contributed by atoms with Crippen LogP contribution in [0.5, 0.6) is 5.75 Å². The molecule has 14 heavy (non-hydrogen) atoms. The van der Waals surface area contributed by atoms with Gasteiger partial charge < -0.3 is 10.5 Å². The van der Waals surface area contributed by atoms with Crippen molar-refractivity contribution in [2.45, 2.75) is 12.8 Å². The number of benzene rings is 1. The Balaban J connectivity index is 2.50. The van der Waals surface area contributed by atoms with Crippen molar-refractivity contribution >= 4 is 0 Å². The largest absolute Gasteiger partial charge is 0.493 e. The Bertz CT molecular complexity index is 283. The van der Waals surface area contributed by atoms with Gasteiger partial charge in [-0.1, -0.05) is 18.2 Å². The van der Waals surface area contributed by atoms with Crippen LogP contribution < -0.4 is 10.5 Å². The number of nitrogens with two attached hydrogens (primary N) is 1. The maximum Gasteiger partial charge on any atom is 0.119 e. The first-order valence-electron chi connectivity index (χ1n) is 4.89. The summed E-state index contributed by atoms with van der Waals surface area (Å²) in [4.78, 5) is 0. The molecule has 0 bridgehead atoms. The molecule has 0 amide bonds. The second-order valence-electron chi connectivity index (χ2n) is 3.11. The third-order valence-corrected chi connectivity index (χ3v) is 1.92. The van der Waals surface area contributed by atoms with Gasteiger partial charge in [0.15, 0.2) is 0 Å². The van der Waals surface area contributed by atoms with Crippen LogP contribution in [0.25, 0.3) is 0 Å². The van der Waals surface area contributed by atoms with Gasteiger partial charge in [0.05, 0.1) is 6.61 Å². The minimum Gasteiger partial charge on any atom is -0.493 e. The van der Waals surface area contributed by atoms with Crippen LogP contribution in [0, 0.1) is 0 Å². The van der Waals surface area contributed by atoms with Gasteiger partial charge in [-0.25, -0.2) is 0 Å². The fraction of sp³-hybridized carbons (Fsp3) is 0.333. The Labute approximate surface area is 85.4 Å². The molecule has 1 rings (SSSR count). The third kappa shape index (κ3) is 3.62. The summed E-state index contributed by atoms with van der Waals surface area (Å²) in [6, 6.07) is 8.06. The molecule has 0 fully saturated rings. The van der Waals surface area contributed by atoms with Gasteiger partial charge in [0.1, 0.15) is 5.75 Å². The van der Waals surface area contributed by atoms with E-state index in [0.717, 1.165) is 18.6 Å². The fourth-order valence-electron chi connectivity index (χ4n) is 1.22. The van der Waals surface area contributed by atoms with Crippen molar-refractivity contribution in [3.8, 4) is 5.75 Å². The number of rotatable bonds is 6. The second-order valence-corrected chi connectivity index (χ2v) is 3.11. The molecule has 0 saturated heterocycles. The third-order valence-electron chi connectivity index (χ3n) is 1.92. The predicted octanol–water partition coefficient (Wildman–Crippen LogP) is 2.14. The Morgan fingerprint density at radius 2 is 2.29 bits per heavy atom. The van der Waals surface area contributed by atoms with E-state index >= 15 is 0 Å². The maximum atomic E-state index is 5.52. The van der Waals surface area contributed by atoms with Crippen molar-refractivity contribution in [1.29, 1.82) is 0 Å². The highest BCUT2D eigenvalue weighted by Gasteiger charge is 1.95. The molecule has 1 aromatic carbocycles. The average Bonchev–Trinajstić information content (AvgIpc) is 2.19. The molecular formula is C12H17NO. The summed E-state index contributed by atoms with van der Waals surface area (Å²) in [7, 11) is 0. The molecule has 2 nitrogen and oxygen atoms in total. The molecule has 0 saturated carbocycles. The molecule has 0 atom stereocenters. The van der Waals surface area contributed by atoms with Crippen LogP contribution in [0.4, 0.5) is 0 Å². The lowest BCUT2D eigenvalue weighted by molar-refractivity contribution is 0.324. The van der Waals surface area contributed by atoms with E-state index in [1.54, 1.807) is 0 Å². The summed E-state index contributed by atoms with van der Waals surface area (Å²) >= 11 is 0. The maximum absolute atomic E-state index is 5.52. The van der Waals surface area contributed by atoms with Gasteiger partial charge in [0, 0.05) is 0 Å². The molecular weight excluding hydrogens is 174 g/mol. The molecule has 0 aliphatic rings. The Hall–Kier alpha value is -1.28. The summed E-state index contributed by atoms with van der Waals surface area (Å²) in [5, 5.41) is 0. The first kappa shape index (κ1) is 10.8.